The summed E-state index contributed by atoms with van der Waals surface area (Å²) in [4.78, 5) is 14.4. The molecule has 0 bridgehead atoms. The van der Waals surface area contributed by atoms with Gasteiger partial charge in [-0.25, -0.2) is 9.18 Å². The van der Waals surface area contributed by atoms with E-state index < -0.39 is 24.2 Å². The van der Waals surface area contributed by atoms with Crippen molar-refractivity contribution in [3.63, 3.8) is 0 Å². The topological polar surface area (TPSA) is 44.4 Å². The first-order valence-corrected chi connectivity index (χ1v) is 9.92. The van der Waals surface area contributed by atoms with Gasteiger partial charge in [-0.3, -0.25) is 4.90 Å². The largest absolute Gasteiger partial charge is 0.408 e. The molecule has 1 aromatic carbocycles. The second-order valence-electron chi connectivity index (χ2n) is 7.86. The van der Waals surface area contributed by atoms with Gasteiger partial charge in [0.15, 0.2) is 0 Å². The summed E-state index contributed by atoms with van der Waals surface area (Å²) in [5.41, 5.74) is 1.01. The fourth-order valence-corrected chi connectivity index (χ4v) is 4.21. The molecule has 2 fully saturated rings. The van der Waals surface area contributed by atoms with Gasteiger partial charge < -0.3 is 10.6 Å². The summed E-state index contributed by atoms with van der Waals surface area (Å²) in [7, 11) is 0. The number of amides is 2. The van der Waals surface area contributed by atoms with Crippen molar-refractivity contribution >= 4 is 6.03 Å². The van der Waals surface area contributed by atoms with Crippen LogP contribution in [0.25, 0.3) is 0 Å². The van der Waals surface area contributed by atoms with Gasteiger partial charge in [-0.1, -0.05) is 25.0 Å². The summed E-state index contributed by atoms with van der Waals surface area (Å²) in [6.45, 7) is 2.15. The Hall–Kier alpha value is -1.83. The van der Waals surface area contributed by atoms with Gasteiger partial charge in [0.05, 0.1) is 0 Å². The van der Waals surface area contributed by atoms with E-state index in [-0.39, 0.29) is 11.9 Å². The van der Waals surface area contributed by atoms with E-state index in [9.17, 15) is 22.4 Å². The molecular weight excluding hydrogens is 374 g/mol. The van der Waals surface area contributed by atoms with Crippen LogP contribution < -0.4 is 10.6 Å². The number of halogens is 4. The lowest BCUT2D eigenvalue weighted by atomic mass is 9.97. The van der Waals surface area contributed by atoms with Crippen molar-refractivity contribution in [3.05, 3.63) is 35.6 Å². The molecule has 0 unspecified atom stereocenters. The Morgan fingerprint density at radius 2 is 1.68 bits per heavy atom. The Bertz CT molecular complexity index is 636. The lowest BCUT2D eigenvalue weighted by molar-refractivity contribution is -0.164. The van der Waals surface area contributed by atoms with Crippen molar-refractivity contribution in [3.8, 4) is 0 Å². The fraction of sp³-hybridized carbons (Fsp3) is 0.650. The number of nitrogens with zero attached hydrogens (tertiary/aromatic N) is 1. The van der Waals surface area contributed by atoms with E-state index in [1.165, 1.54) is 12.1 Å². The second-order valence-corrected chi connectivity index (χ2v) is 7.86. The SMILES string of the molecule is O=C(NC1CCN(Cc2ccc(F)cc2)CC1)N[C@@H](C1CCCC1)C(F)(F)F. The predicted octanol–water partition coefficient (Wildman–Crippen LogP) is 4.21. The Labute approximate surface area is 162 Å². The Kier molecular flexibility index (Phi) is 6.80. The maximum atomic E-state index is 13.3. The molecule has 1 aliphatic heterocycles. The van der Waals surface area contributed by atoms with E-state index in [0.29, 0.717) is 32.2 Å². The third kappa shape index (κ3) is 5.83. The third-order valence-corrected chi connectivity index (χ3v) is 5.75. The van der Waals surface area contributed by atoms with Crippen LogP contribution in [0.5, 0.6) is 0 Å². The van der Waals surface area contributed by atoms with Gasteiger partial charge >= 0.3 is 12.2 Å². The van der Waals surface area contributed by atoms with Gasteiger partial charge in [-0.15, -0.1) is 0 Å². The van der Waals surface area contributed by atoms with Gasteiger partial charge in [0, 0.05) is 25.7 Å². The predicted molar refractivity (Wildman–Crippen MR) is 98.2 cm³/mol. The van der Waals surface area contributed by atoms with Crippen molar-refractivity contribution < 1.29 is 22.4 Å². The van der Waals surface area contributed by atoms with E-state index in [4.69, 9.17) is 0 Å². The maximum Gasteiger partial charge on any atom is 0.408 e. The smallest absolute Gasteiger partial charge is 0.335 e. The lowest BCUT2D eigenvalue weighted by Gasteiger charge is -2.33. The summed E-state index contributed by atoms with van der Waals surface area (Å²) < 4.78 is 52.9. The van der Waals surface area contributed by atoms with Crippen LogP contribution in [0, 0.1) is 11.7 Å². The molecule has 1 atom stereocenters. The summed E-state index contributed by atoms with van der Waals surface area (Å²) in [6.07, 6.45) is -0.493. The molecule has 1 heterocycles. The number of alkyl halides is 3. The molecule has 0 aromatic heterocycles. The maximum absolute atomic E-state index is 13.3. The molecular formula is C20H27F4N3O. The van der Waals surface area contributed by atoms with E-state index in [0.717, 1.165) is 31.5 Å². The van der Waals surface area contributed by atoms with Crippen molar-refractivity contribution in [2.45, 2.75) is 63.3 Å². The van der Waals surface area contributed by atoms with Crippen molar-refractivity contribution in [1.82, 2.24) is 15.5 Å². The van der Waals surface area contributed by atoms with Gasteiger partial charge in [-0.05, 0) is 49.3 Å². The first-order chi connectivity index (χ1) is 13.3. The summed E-state index contributed by atoms with van der Waals surface area (Å²) >= 11 is 0. The zero-order chi connectivity index (χ0) is 20.1. The molecule has 3 rings (SSSR count). The zero-order valence-corrected chi connectivity index (χ0v) is 15.8. The molecule has 2 aliphatic rings. The minimum absolute atomic E-state index is 0.137. The number of likely N-dealkylation sites (tertiary alicyclic amines) is 1. The summed E-state index contributed by atoms with van der Waals surface area (Å²) in [5.74, 6) is -0.796. The van der Waals surface area contributed by atoms with Gasteiger partial charge in [0.25, 0.3) is 0 Å². The quantitative estimate of drug-likeness (QED) is 0.726. The molecule has 4 nitrogen and oxygen atoms in total. The molecule has 2 N–H and O–H groups in total. The van der Waals surface area contributed by atoms with Crippen LogP contribution in [-0.4, -0.2) is 42.3 Å². The van der Waals surface area contributed by atoms with Crippen LogP contribution in [0.4, 0.5) is 22.4 Å². The van der Waals surface area contributed by atoms with Gasteiger partial charge in [0.2, 0.25) is 0 Å². The van der Waals surface area contributed by atoms with Crippen LogP contribution in [-0.2, 0) is 6.54 Å². The van der Waals surface area contributed by atoms with Crippen LogP contribution in [0.2, 0.25) is 0 Å². The molecule has 1 aliphatic carbocycles. The number of carbonyl (C=O) groups is 1. The van der Waals surface area contributed by atoms with Crippen molar-refractivity contribution in [2.24, 2.45) is 5.92 Å². The molecule has 0 radical (unpaired) electrons. The number of hydrogen-bond acceptors (Lipinski definition) is 2. The normalized spacial score (nSPS) is 20.9. The molecule has 1 saturated heterocycles. The highest BCUT2D eigenvalue weighted by Crippen LogP contribution is 2.35. The third-order valence-electron chi connectivity index (χ3n) is 5.75. The minimum atomic E-state index is -4.43. The highest BCUT2D eigenvalue weighted by atomic mass is 19.4. The Balaban J connectivity index is 1.44. The Morgan fingerprint density at radius 1 is 1.07 bits per heavy atom. The first-order valence-electron chi connectivity index (χ1n) is 9.92. The van der Waals surface area contributed by atoms with Crippen molar-refractivity contribution in [2.75, 3.05) is 13.1 Å². The van der Waals surface area contributed by atoms with E-state index in [1.807, 2.05) is 0 Å². The second kappa shape index (κ2) is 9.11. The molecule has 8 heteroatoms. The number of rotatable bonds is 5. The first kappa shape index (κ1) is 20.9. The molecule has 1 saturated carbocycles. The average Bonchev–Trinajstić information content (AvgIpc) is 3.16. The van der Waals surface area contributed by atoms with E-state index in [1.54, 1.807) is 12.1 Å². The van der Waals surface area contributed by atoms with Gasteiger partial charge in [-0.2, -0.15) is 13.2 Å². The molecule has 156 valence electrons. The number of piperidine rings is 1. The zero-order valence-electron chi connectivity index (χ0n) is 15.8. The average molecular weight is 401 g/mol. The molecule has 0 spiro atoms. The lowest BCUT2D eigenvalue weighted by Crippen LogP contribution is -2.55. The molecule has 28 heavy (non-hydrogen) atoms. The van der Waals surface area contributed by atoms with Gasteiger partial charge in [0.1, 0.15) is 11.9 Å². The molecule has 2 amide bonds. The number of hydrogen-bond donors (Lipinski definition) is 2. The standard InChI is InChI=1S/C20H27F4N3O/c21-16-7-5-14(6-8-16)13-27-11-9-17(10-12-27)25-19(28)26-18(20(22,23)24)15-3-1-2-4-15/h5-8,15,17-18H,1-4,9-13H2,(H2,25,26,28)/t18-/m0/s1. The number of nitrogens with one attached hydrogen (secondary N) is 2. The van der Waals surface area contributed by atoms with Crippen LogP contribution >= 0.6 is 0 Å². The van der Waals surface area contributed by atoms with Crippen LogP contribution in [0.3, 0.4) is 0 Å². The minimum Gasteiger partial charge on any atom is -0.335 e. The van der Waals surface area contributed by atoms with Crippen LogP contribution in [0.15, 0.2) is 24.3 Å². The molecule has 1 aromatic rings. The highest BCUT2D eigenvalue weighted by Gasteiger charge is 2.46. The fourth-order valence-electron chi connectivity index (χ4n) is 4.21. The van der Waals surface area contributed by atoms with Crippen molar-refractivity contribution in [1.29, 1.82) is 0 Å². The van der Waals surface area contributed by atoms with E-state index >= 15 is 0 Å². The van der Waals surface area contributed by atoms with E-state index in [2.05, 4.69) is 15.5 Å². The number of urea groups is 1. The number of carbonyl (C=O) groups excluding carboxylic acids is 1. The number of benzene rings is 1. The monoisotopic (exact) mass is 401 g/mol. The highest BCUT2D eigenvalue weighted by molar-refractivity contribution is 5.74. The Morgan fingerprint density at radius 3 is 2.25 bits per heavy atom. The summed E-state index contributed by atoms with van der Waals surface area (Å²) in [6, 6.07) is 3.70. The summed E-state index contributed by atoms with van der Waals surface area (Å²) in [5, 5.41) is 4.89. The van der Waals surface area contributed by atoms with Crippen LogP contribution in [0.1, 0.15) is 44.1 Å².